The van der Waals surface area contributed by atoms with Crippen molar-refractivity contribution in [2.45, 2.75) is 33.6 Å². The lowest BCUT2D eigenvalue weighted by atomic mass is 9.88. The SMILES string of the molecule is CCc1nc2c(F)cc(CC(C)(C)C#N)cn2c(=O)c1F. The number of pyridine rings is 1. The van der Waals surface area contributed by atoms with Gasteiger partial charge in [0.1, 0.15) is 0 Å². The highest BCUT2D eigenvalue weighted by Gasteiger charge is 2.20. The zero-order valence-electron chi connectivity index (χ0n) is 12.1. The van der Waals surface area contributed by atoms with Crippen LogP contribution in [-0.4, -0.2) is 9.38 Å². The first kappa shape index (κ1) is 15.1. The highest BCUT2D eigenvalue weighted by atomic mass is 19.1. The molecule has 0 N–H and O–H groups in total. The van der Waals surface area contributed by atoms with E-state index >= 15 is 0 Å². The third-order valence-corrected chi connectivity index (χ3v) is 3.23. The lowest BCUT2D eigenvalue weighted by Crippen LogP contribution is -2.23. The summed E-state index contributed by atoms with van der Waals surface area (Å²) in [4.78, 5) is 15.8. The summed E-state index contributed by atoms with van der Waals surface area (Å²) in [6.07, 6.45) is 1.80. The molecule has 21 heavy (non-hydrogen) atoms. The van der Waals surface area contributed by atoms with Crippen molar-refractivity contribution >= 4 is 5.65 Å². The van der Waals surface area contributed by atoms with Crippen LogP contribution in [0.1, 0.15) is 32.0 Å². The van der Waals surface area contributed by atoms with E-state index in [4.69, 9.17) is 5.26 Å². The van der Waals surface area contributed by atoms with Crippen molar-refractivity contribution in [3.8, 4) is 6.07 Å². The summed E-state index contributed by atoms with van der Waals surface area (Å²) >= 11 is 0. The van der Waals surface area contributed by atoms with Gasteiger partial charge in [-0.15, -0.1) is 0 Å². The Morgan fingerprint density at radius 2 is 2.10 bits per heavy atom. The van der Waals surface area contributed by atoms with Crippen molar-refractivity contribution in [3.05, 3.63) is 45.5 Å². The molecule has 110 valence electrons. The first-order valence-electron chi connectivity index (χ1n) is 6.59. The molecule has 0 radical (unpaired) electrons. The normalized spacial score (nSPS) is 11.6. The highest BCUT2D eigenvalue weighted by Crippen LogP contribution is 2.21. The number of aromatic nitrogens is 2. The molecule has 2 heterocycles. The molecular weight excluding hydrogens is 276 g/mol. The van der Waals surface area contributed by atoms with Gasteiger partial charge in [-0.05, 0) is 38.3 Å². The standard InChI is InChI=1S/C15H15F2N3O/c1-4-11-12(17)14(21)20-7-9(6-15(2,3)8-18)5-10(16)13(20)19-11/h5,7H,4,6H2,1-3H3. The lowest BCUT2D eigenvalue weighted by molar-refractivity contribution is 0.489. The van der Waals surface area contributed by atoms with E-state index in [1.807, 2.05) is 0 Å². The molecule has 0 saturated carbocycles. The number of hydrogen-bond acceptors (Lipinski definition) is 3. The zero-order chi connectivity index (χ0) is 15.8. The Labute approximate surface area is 120 Å². The van der Waals surface area contributed by atoms with Crippen LogP contribution in [0, 0.1) is 28.4 Å². The largest absolute Gasteiger partial charge is 0.294 e. The van der Waals surface area contributed by atoms with Gasteiger partial charge in [0.15, 0.2) is 11.5 Å². The van der Waals surface area contributed by atoms with E-state index in [0.717, 1.165) is 4.40 Å². The lowest BCUT2D eigenvalue weighted by Gasteiger charge is -2.15. The number of aryl methyl sites for hydroxylation is 1. The van der Waals surface area contributed by atoms with E-state index in [9.17, 15) is 13.6 Å². The van der Waals surface area contributed by atoms with E-state index in [-0.39, 0.29) is 24.2 Å². The van der Waals surface area contributed by atoms with Crippen LogP contribution in [0.3, 0.4) is 0 Å². The molecule has 4 nitrogen and oxygen atoms in total. The second-order valence-electron chi connectivity index (χ2n) is 5.59. The molecule has 0 amide bonds. The van der Waals surface area contributed by atoms with Crippen molar-refractivity contribution < 1.29 is 8.78 Å². The van der Waals surface area contributed by atoms with Crippen LogP contribution in [0.25, 0.3) is 5.65 Å². The summed E-state index contributed by atoms with van der Waals surface area (Å²) in [6.45, 7) is 5.05. The molecule has 0 spiro atoms. The Balaban J connectivity index is 2.69. The van der Waals surface area contributed by atoms with Gasteiger partial charge >= 0.3 is 0 Å². The first-order valence-corrected chi connectivity index (χ1v) is 6.59. The number of fused-ring (bicyclic) bond motifs is 1. The van der Waals surface area contributed by atoms with Crippen molar-refractivity contribution in [3.63, 3.8) is 0 Å². The van der Waals surface area contributed by atoms with Crippen molar-refractivity contribution in [2.75, 3.05) is 0 Å². The quantitative estimate of drug-likeness (QED) is 0.873. The molecule has 2 aromatic heterocycles. The fourth-order valence-electron chi connectivity index (χ4n) is 2.16. The number of nitrogens with zero attached hydrogens (tertiary/aromatic N) is 3. The van der Waals surface area contributed by atoms with E-state index in [1.165, 1.54) is 12.3 Å². The van der Waals surface area contributed by atoms with E-state index in [1.54, 1.807) is 20.8 Å². The summed E-state index contributed by atoms with van der Waals surface area (Å²) in [5, 5.41) is 9.02. The number of halogens is 2. The van der Waals surface area contributed by atoms with Crippen LogP contribution >= 0.6 is 0 Å². The van der Waals surface area contributed by atoms with Crippen LogP contribution in [-0.2, 0) is 12.8 Å². The summed E-state index contributed by atoms with van der Waals surface area (Å²) in [7, 11) is 0. The maximum absolute atomic E-state index is 14.1. The molecule has 0 atom stereocenters. The van der Waals surface area contributed by atoms with Crippen LogP contribution in [0.15, 0.2) is 17.1 Å². The van der Waals surface area contributed by atoms with Gasteiger partial charge in [0.25, 0.3) is 5.56 Å². The van der Waals surface area contributed by atoms with E-state index in [2.05, 4.69) is 11.1 Å². The van der Waals surface area contributed by atoms with Gasteiger partial charge in [-0.3, -0.25) is 9.20 Å². The van der Waals surface area contributed by atoms with Gasteiger partial charge in [-0.2, -0.15) is 9.65 Å². The van der Waals surface area contributed by atoms with Gasteiger partial charge in [-0.1, -0.05) is 6.92 Å². The minimum absolute atomic E-state index is 0.0518. The molecular formula is C15H15F2N3O. The van der Waals surface area contributed by atoms with Crippen LogP contribution < -0.4 is 5.56 Å². The maximum Gasteiger partial charge on any atom is 0.294 e. The van der Waals surface area contributed by atoms with Gasteiger partial charge in [0.2, 0.25) is 5.82 Å². The third-order valence-electron chi connectivity index (χ3n) is 3.23. The van der Waals surface area contributed by atoms with E-state index in [0.29, 0.717) is 5.56 Å². The minimum atomic E-state index is -0.967. The van der Waals surface area contributed by atoms with Gasteiger partial charge in [-0.25, -0.2) is 9.37 Å². The second-order valence-corrected chi connectivity index (χ2v) is 5.59. The number of hydrogen-bond donors (Lipinski definition) is 0. The molecule has 0 fully saturated rings. The topological polar surface area (TPSA) is 58.2 Å². The Morgan fingerprint density at radius 1 is 1.43 bits per heavy atom. The summed E-state index contributed by atoms with van der Waals surface area (Å²) in [6, 6.07) is 3.34. The molecule has 2 rings (SSSR count). The summed E-state index contributed by atoms with van der Waals surface area (Å²) in [5.41, 5.74) is -1.44. The molecule has 0 bridgehead atoms. The second kappa shape index (κ2) is 5.24. The number of nitriles is 1. The predicted octanol–water partition coefficient (Wildman–Crippen LogP) is 2.63. The Kier molecular flexibility index (Phi) is 3.77. The van der Waals surface area contributed by atoms with Crippen molar-refractivity contribution in [2.24, 2.45) is 5.41 Å². The molecule has 0 aliphatic carbocycles. The molecule has 0 saturated heterocycles. The van der Waals surface area contributed by atoms with Crippen LogP contribution in [0.4, 0.5) is 8.78 Å². The highest BCUT2D eigenvalue weighted by molar-refractivity contribution is 5.42. The fourth-order valence-corrected chi connectivity index (χ4v) is 2.16. The van der Waals surface area contributed by atoms with Crippen molar-refractivity contribution in [1.82, 2.24) is 9.38 Å². The predicted molar refractivity (Wildman–Crippen MR) is 73.9 cm³/mol. The summed E-state index contributed by atoms with van der Waals surface area (Å²) in [5.74, 6) is -1.67. The minimum Gasteiger partial charge on any atom is -0.265 e. The van der Waals surface area contributed by atoms with Crippen LogP contribution in [0.5, 0.6) is 0 Å². The molecule has 0 aliphatic rings. The molecule has 2 aromatic rings. The Hall–Kier alpha value is -2.29. The van der Waals surface area contributed by atoms with Gasteiger partial charge in [0.05, 0.1) is 17.2 Å². The third kappa shape index (κ3) is 2.77. The fraction of sp³-hybridized carbons (Fsp3) is 0.400. The average molecular weight is 291 g/mol. The Bertz CT molecular complexity index is 803. The van der Waals surface area contributed by atoms with Gasteiger partial charge in [0, 0.05) is 6.20 Å². The Morgan fingerprint density at radius 3 is 2.67 bits per heavy atom. The monoisotopic (exact) mass is 291 g/mol. The summed E-state index contributed by atoms with van der Waals surface area (Å²) < 4.78 is 28.8. The molecule has 0 aromatic carbocycles. The molecule has 0 aliphatic heterocycles. The number of rotatable bonds is 3. The zero-order valence-corrected chi connectivity index (χ0v) is 12.1. The molecule has 6 heteroatoms. The smallest absolute Gasteiger partial charge is 0.265 e. The maximum atomic E-state index is 14.1. The van der Waals surface area contributed by atoms with Crippen molar-refractivity contribution in [1.29, 1.82) is 5.26 Å². The molecule has 0 unspecified atom stereocenters. The van der Waals surface area contributed by atoms with E-state index < -0.39 is 22.6 Å². The van der Waals surface area contributed by atoms with Gasteiger partial charge < -0.3 is 0 Å². The first-order chi connectivity index (χ1) is 9.79. The average Bonchev–Trinajstić information content (AvgIpc) is 2.43. The van der Waals surface area contributed by atoms with Crippen LogP contribution in [0.2, 0.25) is 0 Å².